The van der Waals surface area contributed by atoms with E-state index in [1.165, 1.54) is 6.07 Å². The number of carbonyl (C=O) groups is 1. The highest BCUT2D eigenvalue weighted by atomic mass is 16.3. The zero-order valence-corrected chi connectivity index (χ0v) is 7.65. The smallest absolute Gasteiger partial charge is 0.165 e. The van der Waals surface area contributed by atoms with Gasteiger partial charge in [0.05, 0.1) is 0 Å². The molecule has 0 aliphatic rings. The predicted molar refractivity (Wildman–Crippen MR) is 51.1 cm³/mol. The van der Waals surface area contributed by atoms with Gasteiger partial charge in [0.25, 0.3) is 0 Å². The first-order valence-corrected chi connectivity index (χ1v) is 4.13. The fourth-order valence-corrected chi connectivity index (χ4v) is 1.05. The van der Waals surface area contributed by atoms with E-state index in [4.69, 9.17) is 0 Å². The van der Waals surface area contributed by atoms with E-state index >= 15 is 0 Å². The van der Waals surface area contributed by atoms with E-state index < -0.39 is 0 Å². The maximum Gasteiger partial charge on any atom is 0.165 e. The van der Waals surface area contributed by atoms with Crippen molar-refractivity contribution in [3.05, 3.63) is 34.7 Å². The number of hydrogen-bond acceptors (Lipinski definition) is 3. The molecule has 0 N–H and O–H groups in total. The molecule has 0 atom stereocenters. The van der Waals surface area contributed by atoms with Gasteiger partial charge in [0, 0.05) is 11.5 Å². The summed E-state index contributed by atoms with van der Waals surface area (Å²) in [5.74, 6) is -0.0209. The van der Waals surface area contributed by atoms with Crippen LogP contribution >= 0.6 is 0 Å². The molecule has 0 spiro atoms. The molecule has 0 aromatic heterocycles. The zero-order valence-electron chi connectivity index (χ0n) is 7.65. The molecule has 3 heteroatoms. The number of Topliss-reactive ketones (excluding diaryl/α,β-unsaturated/α-hetero) is 1. The highest BCUT2D eigenvalue weighted by molar-refractivity contribution is 5.98. The van der Waals surface area contributed by atoms with Gasteiger partial charge < -0.3 is 0 Å². The van der Waals surface area contributed by atoms with E-state index in [1.54, 1.807) is 18.2 Å². The van der Waals surface area contributed by atoms with Gasteiger partial charge in [-0.05, 0) is 17.3 Å². The van der Waals surface area contributed by atoms with Gasteiger partial charge in [0.2, 0.25) is 0 Å². The highest BCUT2D eigenvalue weighted by Crippen LogP contribution is 2.16. The van der Waals surface area contributed by atoms with E-state index in [1.807, 2.05) is 13.8 Å². The molecule has 68 valence electrons. The molecule has 1 aromatic carbocycles. The second-order valence-electron chi connectivity index (χ2n) is 3.16. The molecule has 0 radical (unpaired) electrons. The topological polar surface area (TPSA) is 46.5 Å². The average molecular weight is 177 g/mol. The van der Waals surface area contributed by atoms with Crippen LogP contribution in [0.1, 0.15) is 24.2 Å². The summed E-state index contributed by atoms with van der Waals surface area (Å²) in [6.07, 6.45) is 0. The number of hydrogen-bond donors (Lipinski definition) is 0. The summed E-state index contributed by atoms with van der Waals surface area (Å²) in [5.41, 5.74) is 0.846. The Labute approximate surface area is 76.7 Å². The number of benzene rings is 1. The van der Waals surface area contributed by atoms with E-state index in [0.29, 0.717) is 11.3 Å². The number of rotatable bonds is 3. The molecule has 0 amide bonds. The Kier molecular flexibility index (Phi) is 2.90. The Morgan fingerprint density at radius 1 is 1.38 bits per heavy atom. The van der Waals surface area contributed by atoms with Crippen molar-refractivity contribution in [1.29, 1.82) is 0 Å². The van der Waals surface area contributed by atoms with Gasteiger partial charge >= 0.3 is 0 Å². The number of ketones is 1. The normalized spacial score (nSPS) is 10.1. The Bertz CT molecular complexity index is 331. The monoisotopic (exact) mass is 177 g/mol. The number of carbonyl (C=O) groups excluding carboxylic acids is 1. The molecular weight excluding hydrogens is 166 g/mol. The lowest BCUT2D eigenvalue weighted by Crippen LogP contribution is -2.06. The van der Waals surface area contributed by atoms with Crippen molar-refractivity contribution in [3.63, 3.8) is 0 Å². The van der Waals surface area contributed by atoms with Crippen LogP contribution in [-0.2, 0) is 0 Å². The largest absolute Gasteiger partial charge is 0.294 e. The maximum absolute atomic E-state index is 11.5. The lowest BCUT2D eigenvalue weighted by atomic mass is 10.0. The summed E-state index contributed by atoms with van der Waals surface area (Å²) >= 11 is 0. The third-order valence-electron chi connectivity index (χ3n) is 1.76. The third kappa shape index (κ3) is 2.21. The summed E-state index contributed by atoms with van der Waals surface area (Å²) in [7, 11) is 0. The SMILES string of the molecule is CC(C)C(=O)c1cccc(N=O)c1. The van der Waals surface area contributed by atoms with Gasteiger partial charge in [0.15, 0.2) is 5.78 Å². The third-order valence-corrected chi connectivity index (χ3v) is 1.76. The number of nitroso groups, excluding NO2 is 1. The van der Waals surface area contributed by atoms with Crippen molar-refractivity contribution >= 4 is 11.5 Å². The molecule has 1 rings (SSSR count). The van der Waals surface area contributed by atoms with E-state index in [0.717, 1.165) is 0 Å². The molecule has 0 aliphatic heterocycles. The van der Waals surface area contributed by atoms with Gasteiger partial charge in [-0.15, -0.1) is 4.91 Å². The van der Waals surface area contributed by atoms with Crippen molar-refractivity contribution < 1.29 is 4.79 Å². The fraction of sp³-hybridized carbons (Fsp3) is 0.300. The van der Waals surface area contributed by atoms with Crippen LogP contribution < -0.4 is 0 Å². The molecule has 0 saturated heterocycles. The molecule has 0 saturated carbocycles. The molecule has 13 heavy (non-hydrogen) atoms. The van der Waals surface area contributed by atoms with Crippen molar-refractivity contribution in [3.8, 4) is 0 Å². The minimum atomic E-state index is -0.0538. The second-order valence-corrected chi connectivity index (χ2v) is 3.16. The summed E-state index contributed by atoms with van der Waals surface area (Å²) < 4.78 is 0. The van der Waals surface area contributed by atoms with Crippen LogP contribution in [-0.4, -0.2) is 5.78 Å². The maximum atomic E-state index is 11.5. The van der Waals surface area contributed by atoms with Gasteiger partial charge in [-0.1, -0.05) is 26.0 Å². The van der Waals surface area contributed by atoms with E-state index in [2.05, 4.69) is 5.18 Å². The molecule has 3 nitrogen and oxygen atoms in total. The van der Waals surface area contributed by atoms with Gasteiger partial charge in [0.1, 0.15) is 5.69 Å². The summed E-state index contributed by atoms with van der Waals surface area (Å²) in [5, 5.41) is 2.77. The first kappa shape index (κ1) is 9.58. The summed E-state index contributed by atoms with van der Waals surface area (Å²) in [6, 6.07) is 6.43. The summed E-state index contributed by atoms with van der Waals surface area (Å²) in [6.45, 7) is 3.65. The van der Waals surface area contributed by atoms with Crippen molar-refractivity contribution in [2.75, 3.05) is 0 Å². The second kappa shape index (κ2) is 3.94. The van der Waals surface area contributed by atoms with Gasteiger partial charge in [-0.2, -0.15) is 0 Å². The Morgan fingerprint density at radius 2 is 2.08 bits per heavy atom. The lowest BCUT2D eigenvalue weighted by Gasteiger charge is -2.03. The quantitative estimate of drug-likeness (QED) is 0.526. The summed E-state index contributed by atoms with van der Waals surface area (Å²) in [4.78, 5) is 21.7. The first-order valence-electron chi connectivity index (χ1n) is 4.13. The van der Waals surface area contributed by atoms with Crippen LogP contribution in [0.15, 0.2) is 29.4 Å². The standard InChI is InChI=1S/C10H11NO2/c1-7(2)10(12)8-4-3-5-9(6-8)11-13/h3-7H,1-2H3. The van der Waals surface area contributed by atoms with Crippen LogP contribution in [0.5, 0.6) is 0 Å². The Balaban J connectivity index is 3.01. The van der Waals surface area contributed by atoms with Crippen molar-refractivity contribution in [2.45, 2.75) is 13.8 Å². The van der Waals surface area contributed by atoms with Crippen LogP contribution in [0.25, 0.3) is 0 Å². The molecule has 0 bridgehead atoms. The molecule has 0 unspecified atom stereocenters. The Morgan fingerprint density at radius 3 is 2.62 bits per heavy atom. The number of nitrogens with zero attached hydrogens (tertiary/aromatic N) is 1. The minimum Gasteiger partial charge on any atom is -0.294 e. The van der Waals surface area contributed by atoms with Crippen LogP contribution in [0.4, 0.5) is 5.69 Å². The first-order chi connectivity index (χ1) is 6.15. The van der Waals surface area contributed by atoms with Gasteiger partial charge in [-0.25, -0.2) is 0 Å². The average Bonchev–Trinajstić information content (AvgIpc) is 2.16. The molecule has 0 aliphatic carbocycles. The van der Waals surface area contributed by atoms with Crippen LogP contribution in [0, 0.1) is 10.8 Å². The predicted octanol–water partition coefficient (Wildman–Crippen LogP) is 2.92. The van der Waals surface area contributed by atoms with Crippen LogP contribution in [0.3, 0.4) is 0 Å². The highest BCUT2D eigenvalue weighted by Gasteiger charge is 2.10. The minimum absolute atomic E-state index is 0.0329. The van der Waals surface area contributed by atoms with Crippen molar-refractivity contribution in [2.24, 2.45) is 11.1 Å². The van der Waals surface area contributed by atoms with Crippen LogP contribution in [0.2, 0.25) is 0 Å². The molecular formula is C10H11NO2. The van der Waals surface area contributed by atoms with Crippen molar-refractivity contribution in [1.82, 2.24) is 0 Å². The molecule has 1 aromatic rings. The molecule has 0 heterocycles. The fourth-order valence-electron chi connectivity index (χ4n) is 1.05. The van der Waals surface area contributed by atoms with E-state index in [9.17, 15) is 9.70 Å². The zero-order chi connectivity index (χ0) is 9.84. The Hall–Kier alpha value is -1.51. The lowest BCUT2D eigenvalue weighted by molar-refractivity contribution is 0.0939. The van der Waals surface area contributed by atoms with Gasteiger partial charge in [-0.3, -0.25) is 4.79 Å². The molecule has 0 fully saturated rings. The van der Waals surface area contributed by atoms with E-state index in [-0.39, 0.29) is 11.7 Å².